The average Bonchev–Trinajstić information content (AvgIpc) is 3.22. The highest BCUT2D eigenvalue weighted by molar-refractivity contribution is 7.14. The second kappa shape index (κ2) is 5.30. The highest BCUT2D eigenvalue weighted by Crippen LogP contribution is 2.32. The van der Waals surface area contributed by atoms with Gasteiger partial charge in [0.15, 0.2) is 0 Å². The molecule has 21 heavy (non-hydrogen) atoms. The Morgan fingerprint density at radius 2 is 2.29 bits per heavy atom. The van der Waals surface area contributed by atoms with Crippen molar-refractivity contribution in [3.05, 3.63) is 39.8 Å². The molecule has 1 fully saturated rings. The summed E-state index contributed by atoms with van der Waals surface area (Å²) >= 11 is 1.71. The lowest BCUT2D eigenvalue weighted by Crippen LogP contribution is -2.40. The number of fused-ring (bicyclic) bond motifs is 1. The predicted molar refractivity (Wildman–Crippen MR) is 82.7 cm³/mol. The maximum absolute atomic E-state index is 12.7. The zero-order valence-corrected chi connectivity index (χ0v) is 12.8. The fourth-order valence-electron chi connectivity index (χ4n) is 3.44. The van der Waals surface area contributed by atoms with Crippen LogP contribution in [0, 0.1) is 0 Å². The molecular weight excluding hydrogens is 282 g/mol. The monoisotopic (exact) mass is 301 g/mol. The van der Waals surface area contributed by atoms with Crippen molar-refractivity contribution < 1.29 is 4.79 Å². The number of hydrogen-bond acceptors (Lipinski definition) is 3. The van der Waals surface area contributed by atoms with Crippen molar-refractivity contribution in [3.63, 3.8) is 0 Å². The van der Waals surface area contributed by atoms with Crippen molar-refractivity contribution in [2.24, 2.45) is 0 Å². The molecule has 1 aliphatic heterocycles. The van der Waals surface area contributed by atoms with Gasteiger partial charge in [-0.2, -0.15) is 5.10 Å². The van der Waals surface area contributed by atoms with Crippen LogP contribution in [0.15, 0.2) is 24.5 Å². The molecule has 2 aliphatic rings. The first-order chi connectivity index (χ1) is 10.3. The van der Waals surface area contributed by atoms with E-state index in [4.69, 9.17) is 0 Å². The summed E-state index contributed by atoms with van der Waals surface area (Å²) in [4.78, 5) is 17.1. The first kappa shape index (κ1) is 13.1. The third-order valence-electron chi connectivity index (χ3n) is 4.54. The van der Waals surface area contributed by atoms with Crippen LogP contribution in [0.3, 0.4) is 0 Å². The molecule has 4 nitrogen and oxygen atoms in total. The zero-order chi connectivity index (χ0) is 14.2. The van der Waals surface area contributed by atoms with Gasteiger partial charge in [0.05, 0.1) is 10.9 Å². The summed E-state index contributed by atoms with van der Waals surface area (Å²) in [5.41, 5.74) is 1.41. The van der Waals surface area contributed by atoms with Crippen molar-refractivity contribution in [2.75, 3.05) is 13.1 Å². The molecular formula is C16H19N3OS. The van der Waals surface area contributed by atoms with Crippen LogP contribution in [-0.4, -0.2) is 33.7 Å². The van der Waals surface area contributed by atoms with Crippen molar-refractivity contribution in [2.45, 2.75) is 38.1 Å². The number of hydrogen-bond donors (Lipinski definition) is 0. The lowest BCUT2D eigenvalue weighted by molar-refractivity contribution is 0.0678. The average molecular weight is 301 g/mol. The fourth-order valence-corrected chi connectivity index (χ4v) is 4.66. The summed E-state index contributed by atoms with van der Waals surface area (Å²) in [7, 11) is 0. The lowest BCUT2D eigenvalue weighted by atomic mass is 10.1. The van der Waals surface area contributed by atoms with Crippen LogP contribution in [0.2, 0.25) is 0 Å². The van der Waals surface area contributed by atoms with Gasteiger partial charge in [0.2, 0.25) is 0 Å². The first-order valence-electron chi connectivity index (χ1n) is 7.71. The molecule has 5 heteroatoms. The summed E-state index contributed by atoms with van der Waals surface area (Å²) in [5.74, 6) is 0.214. The van der Waals surface area contributed by atoms with E-state index in [0.717, 1.165) is 43.6 Å². The van der Waals surface area contributed by atoms with Crippen LogP contribution in [0.4, 0.5) is 0 Å². The maximum Gasteiger partial charge on any atom is 0.264 e. The van der Waals surface area contributed by atoms with E-state index >= 15 is 0 Å². The molecule has 1 unspecified atom stereocenters. The van der Waals surface area contributed by atoms with Crippen molar-refractivity contribution >= 4 is 17.2 Å². The fraction of sp³-hybridized carbons (Fsp3) is 0.500. The topological polar surface area (TPSA) is 38.1 Å². The summed E-state index contributed by atoms with van der Waals surface area (Å²) in [6.45, 7) is 1.66. The SMILES string of the molecule is O=C(c1cc2c(s1)CCC2)N1CCCC(n2cccn2)C1. The predicted octanol–water partition coefficient (Wildman–Crippen LogP) is 2.91. The Labute approximate surface area is 128 Å². The van der Waals surface area contributed by atoms with Crippen molar-refractivity contribution in [1.29, 1.82) is 0 Å². The van der Waals surface area contributed by atoms with E-state index < -0.39 is 0 Å². The lowest BCUT2D eigenvalue weighted by Gasteiger charge is -2.32. The number of nitrogens with zero attached hydrogens (tertiary/aromatic N) is 3. The summed E-state index contributed by atoms with van der Waals surface area (Å²) < 4.78 is 1.99. The highest BCUT2D eigenvalue weighted by Gasteiger charge is 2.27. The van der Waals surface area contributed by atoms with Gasteiger partial charge >= 0.3 is 0 Å². The van der Waals surface area contributed by atoms with E-state index in [1.54, 1.807) is 11.3 Å². The molecule has 2 aromatic rings. The van der Waals surface area contributed by atoms with Gasteiger partial charge in [0, 0.05) is 30.4 Å². The van der Waals surface area contributed by atoms with Gasteiger partial charge in [-0.3, -0.25) is 9.48 Å². The largest absolute Gasteiger partial charge is 0.336 e. The number of aryl methyl sites for hydroxylation is 2. The second-order valence-corrected chi connectivity index (χ2v) is 7.08. The number of rotatable bonds is 2. The second-order valence-electron chi connectivity index (χ2n) is 5.95. The summed E-state index contributed by atoms with van der Waals surface area (Å²) in [5, 5.41) is 4.33. The Morgan fingerprint density at radius 3 is 3.10 bits per heavy atom. The summed E-state index contributed by atoms with van der Waals surface area (Å²) in [6, 6.07) is 4.40. The van der Waals surface area contributed by atoms with Gasteiger partial charge in [0.1, 0.15) is 0 Å². The minimum absolute atomic E-state index is 0.214. The molecule has 1 saturated heterocycles. The minimum atomic E-state index is 0.214. The van der Waals surface area contributed by atoms with Crippen LogP contribution in [0.25, 0.3) is 0 Å². The van der Waals surface area contributed by atoms with E-state index in [0.29, 0.717) is 6.04 Å². The number of aromatic nitrogens is 2. The molecule has 2 aromatic heterocycles. The maximum atomic E-state index is 12.7. The highest BCUT2D eigenvalue weighted by atomic mass is 32.1. The Morgan fingerprint density at radius 1 is 1.33 bits per heavy atom. The molecule has 110 valence electrons. The smallest absolute Gasteiger partial charge is 0.264 e. The Kier molecular flexibility index (Phi) is 3.30. The Balaban J connectivity index is 1.51. The van der Waals surface area contributed by atoms with Crippen LogP contribution >= 0.6 is 11.3 Å². The molecule has 1 amide bonds. The third-order valence-corrected chi connectivity index (χ3v) is 5.77. The number of piperidine rings is 1. The van der Waals surface area contributed by atoms with Crippen LogP contribution in [0.1, 0.15) is 45.4 Å². The molecule has 4 rings (SSSR count). The van der Waals surface area contributed by atoms with Gasteiger partial charge in [0.25, 0.3) is 5.91 Å². The number of carbonyl (C=O) groups excluding carboxylic acids is 1. The van der Waals surface area contributed by atoms with E-state index in [2.05, 4.69) is 11.2 Å². The number of carbonyl (C=O) groups is 1. The number of amides is 1. The minimum Gasteiger partial charge on any atom is -0.336 e. The van der Waals surface area contributed by atoms with Crippen LogP contribution in [-0.2, 0) is 12.8 Å². The molecule has 1 aliphatic carbocycles. The molecule has 0 spiro atoms. The van der Waals surface area contributed by atoms with E-state index in [-0.39, 0.29) is 5.91 Å². The van der Waals surface area contributed by atoms with Gasteiger partial charge in [-0.05, 0) is 49.8 Å². The molecule has 0 aromatic carbocycles. The number of thiophene rings is 1. The third kappa shape index (κ3) is 2.39. The molecule has 3 heterocycles. The molecule has 0 saturated carbocycles. The van der Waals surface area contributed by atoms with Gasteiger partial charge in [-0.15, -0.1) is 11.3 Å². The van der Waals surface area contributed by atoms with E-state index in [1.165, 1.54) is 16.9 Å². The van der Waals surface area contributed by atoms with Crippen molar-refractivity contribution in [1.82, 2.24) is 14.7 Å². The zero-order valence-electron chi connectivity index (χ0n) is 12.0. The Bertz CT molecular complexity index is 625. The quantitative estimate of drug-likeness (QED) is 0.855. The van der Waals surface area contributed by atoms with Gasteiger partial charge in [-0.25, -0.2) is 0 Å². The van der Waals surface area contributed by atoms with Crippen LogP contribution < -0.4 is 0 Å². The van der Waals surface area contributed by atoms with Crippen molar-refractivity contribution in [3.8, 4) is 0 Å². The normalized spacial score (nSPS) is 21.5. The molecule has 0 radical (unpaired) electrons. The molecule has 0 N–H and O–H groups in total. The summed E-state index contributed by atoms with van der Waals surface area (Å²) in [6.07, 6.45) is 9.52. The standard InChI is InChI=1S/C16H19N3OS/c20-16(15-10-12-4-1-6-14(12)21-15)18-8-2-5-13(11-18)19-9-3-7-17-19/h3,7,9-10,13H,1-2,4-6,8,11H2. The number of likely N-dealkylation sites (tertiary alicyclic amines) is 1. The van der Waals surface area contributed by atoms with Crippen LogP contribution in [0.5, 0.6) is 0 Å². The molecule has 0 bridgehead atoms. The Hall–Kier alpha value is -1.62. The molecule has 1 atom stereocenters. The van der Waals surface area contributed by atoms with Gasteiger partial charge < -0.3 is 4.90 Å². The first-order valence-corrected chi connectivity index (χ1v) is 8.53. The van der Waals surface area contributed by atoms with E-state index in [1.807, 2.05) is 28.0 Å². The van der Waals surface area contributed by atoms with E-state index in [9.17, 15) is 4.79 Å². The van der Waals surface area contributed by atoms with Gasteiger partial charge in [-0.1, -0.05) is 0 Å².